The Morgan fingerprint density at radius 2 is 1.75 bits per heavy atom. The standard InChI is InChI=1S/C41H53BrN4O7/c1-6-10-18-32(48)43-27(5)35(28-16-12-11-13-17-28)52-40(51)33-34-38(49)46(24-14-15-25-47)37(41(34)26-31(42)36(33)53-41)39(50)45(23-7-2)30-21-19-29(20-22-30)44(8-3)9-4/h6-7,11-13,16-17,19-22,27,31,33-37,47H,1-2,8-10,14-15,18,23-26H2,3-5H3,(H,43,48)/t27-,31?,33-,34+,35-,36-,37-,41+/m1/s1. The highest BCUT2D eigenvalue weighted by atomic mass is 79.9. The number of halogens is 1. The SMILES string of the molecule is C=CCCC(=O)N[C@H](C)[C@@H](OC(=O)[C@H]1[C@@H]2O[C@@]3(CC2Br)[C@@H]1C(=O)N(CCCCO)[C@@H]3C(=O)N(CC=C)c1ccc(N(CC)CC)cc1)c1ccccc1. The molecule has 3 heterocycles. The van der Waals surface area contributed by atoms with Crippen LogP contribution in [0.25, 0.3) is 0 Å². The number of ether oxygens (including phenoxy) is 2. The van der Waals surface area contributed by atoms with Crippen molar-refractivity contribution in [3.63, 3.8) is 0 Å². The van der Waals surface area contributed by atoms with Crippen molar-refractivity contribution in [3.05, 3.63) is 85.5 Å². The fraction of sp³-hybridized carbons (Fsp3) is 0.512. The fourth-order valence-electron chi connectivity index (χ4n) is 8.28. The van der Waals surface area contributed by atoms with Crippen molar-refractivity contribution in [2.75, 3.05) is 42.6 Å². The summed E-state index contributed by atoms with van der Waals surface area (Å²) in [5.41, 5.74) is 1.08. The summed E-state index contributed by atoms with van der Waals surface area (Å²) in [4.78, 5) is 61.9. The van der Waals surface area contributed by atoms with Crippen LogP contribution in [0.1, 0.15) is 64.5 Å². The van der Waals surface area contributed by atoms with Gasteiger partial charge in [-0.3, -0.25) is 19.2 Å². The highest BCUT2D eigenvalue weighted by Crippen LogP contribution is 2.60. The van der Waals surface area contributed by atoms with Crippen LogP contribution in [0.5, 0.6) is 0 Å². The molecule has 1 unspecified atom stereocenters. The number of unbranched alkanes of at least 4 members (excludes halogenated alkanes) is 1. The van der Waals surface area contributed by atoms with Gasteiger partial charge in [0.25, 0.3) is 5.91 Å². The molecule has 0 saturated carbocycles. The second-order valence-corrected chi connectivity index (χ2v) is 15.2. The first kappa shape index (κ1) is 40.2. The van der Waals surface area contributed by atoms with Crippen LogP contribution in [-0.2, 0) is 28.7 Å². The van der Waals surface area contributed by atoms with Gasteiger partial charge in [-0.1, -0.05) is 58.4 Å². The number of aliphatic hydroxyl groups is 1. The number of fused-ring (bicyclic) bond motifs is 1. The average Bonchev–Trinajstić information content (AvgIpc) is 3.75. The quantitative estimate of drug-likeness (QED) is 0.0847. The highest BCUT2D eigenvalue weighted by molar-refractivity contribution is 9.09. The third kappa shape index (κ3) is 8.10. The third-order valence-corrected chi connectivity index (χ3v) is 11.6. The Morgan fingerprint density at radius 1 is 1.08 bits per heavy atom. The predicted molar refractivity (Wildman–Crippen MR) is 209 cm³/mol. The number of rotatable bonds is 19. The van der Waals surface area contributed by atoms with E-state index in [2.05, 4.69) is 53.2 Å². The number of esters is 1. The topological polar surface area (TPSA) is 129 Å². The molecule has 3 fully saturated rings. The molecular formula is C41H53BrN4O7. The number of nitrogens with one attached hydrogen (secondary N) is 1. The summed E-state index contributed by atoms with van der Waals surface area (Å²) < 4.78 is 13.0. The largest absolute Gasteiger partial charge is 0.455 e. The Labute approximate surface area is 321 Å². The Morgan fingerprint density at radius 3 is 2.38 bits per heavy atom. The molecule has 1 spiro atoms. The summed E-state index contributed by atoms with van der Waals surface area (Å²) in [6.45, 7) is 15.6. The second-order valence-electron chi connectivity index (χ2n) is 14.0. The van der Waals surface area contributed by atoms with E-state index in [1.54, 1.807) is 28.9 Å². The molecule has 0 radical (unpaired) electrons. The molecule has 0 aliphatic carbocycles. The van der Waals surface area contributed by atoms with Crippen LogP contribution >= 0.6 is 15.9 Å². The number of carbonyl (C=O) groups is 4. The number of amides is 3. The van der Waals surface area contributed by atoms with Crippen molar-refractivity contribution in [1.82, 2.24) is 10.2 Å². The fourth-order valence-corrected chi connectivity index (χ4v) is 9.23. The van der Waals surface area contributed by atoms with E-state index < -0.39 is 47.7 Å². The number of carbonyl (C=O) groups excluding carboxylic acids is 4. The minimum Gasteiger partial charge on any atom is -0.455 e. The van der Waals surface area contributed by atoms with Crippen molar-refractivity contribution in [2.45, 2.75) is 87.6 Å². The van der Waals surface area contributed by atoms with Crippen molar-refractivity contribution >= 4 is 51.0 Å². The van der Waals surface area contributed by atoms with E-state index >= 15 is 0 Å². The van der Waals surface area contributed by atoms with Crippen LogP contribution in [0, 0.1) is 11.8 Å². The molecule has 3 aliphatic rings. The maximum Gasteiger partial charge on any atom is 0.313 e. The summed E-state index contributed by atoms with van der Waals surface area (Å²) in [6, 6.07) is 15.3. The van der Waals surface area contributed by atoms with Crippen molar-refractivity contribution < 1.29 is 33.8 Å². The molecule has 53 heavy (non-hydrogen) atoms. The molecule has 5 rings (SSSR count). The number of alkyl halides is 1. The number of allylic oxidation sites excluding steroid dienone is 1. The Bertz CT molecular complexity index is 1620. The zero-order chi connectivity index (χ0) is 38.3. The van der Waals surface area contributed by atoms with Crippen LogP contribution in [0.4, 0.5) is 11.4 Å². The molecule has 12 heteroatoms. The zero-order valence-electron chi connectivity index (χ0n) is 31.0. The third-order valence-electron chi connectivity index (χ3n) is 10.8. The van der Waals surface area contributed by atoms with Gasteiger partial charge >= 0.3 is 5.97 Å². The van der Waals surface area contributed by atoms with Crippen LogP contribution in [0.15, 0.2) is 79.9 Å². The van der Waals surface area contributed by atoms with Crippen molar-refractivity contribution in [3.8, 4) is 0 Å². The molecule has 2 bridgehead atoms. The highest BCUT2D eigenvalue weighted by Gasteiger charge is 2.77. The normalized spacial score (nSPS) is 25.3. The first-order chi connectivity index (χ1) is 25.6. The lowest BCUT2D eigenvalue weighted by molar-refractivity contribution is -0.162. The van der Waals surface area contributed by atoms with E-state index in [9.17, 15) is 24.3 Å². The van der Waals surface area contributed by atoms with Crippen LogP contribution < -0.4 is 15.1 Å². The van der Waals surface area contributed by atoms with Gasteiger partial charge in [-0.05, 0) is 76.3 Å². The number of hydrogen-bond donors (Lipinski definition) is 2. The minimum absolute atomic E-state index is 0.0587. The molecule has 11 nitrogen and oxygen atoms in total. The number of benzene rings is 2. The van der Waals surface area contributed by atoms with Crippen molar-refractivity contribution in [1.29, 1.82) is 0 Å². The molecule has 0 aromatic heterocycles. The van der Waals surface area contributed by atoms with Crippen molar-refractivity contribution in [2.24, 2.45) is 11.8 Å². The van der Waals surface area contributed by atoms with Gasteiger partial charge < -0.3 is 34.6 Å². The van der Waals surface area contributed by atoms with Crippen LogP contribution in [0.3, 0.4) is 0 Å². The van der Waals surface area contributed by atoms with Gasteiger partial charge in [0.05, 0.1) is 24.0 Å². The smallest absolute Gasteiger partial charge is 0.313 e. The van der Waals surface area contributed by atoms with Gasteiger partial charge in [-0.2, -0.15) is 0 Å². The van der Waals surface area contributed by atoms with Gasteiger partial charge in [-0.15, -0.1) is 13.2 Å². The maximum atomic E-state index is 15.0. The van der Waals surface area contributed by atoms with Gasteiger partial charge in [0.2, 0.25) is 11.8 Å². The van der Waals surface area contributed by atoms with Gasteiger partial charge in [0.1, 0.15) is 17.7 Å². The number of aliphatic hydroxyl groups excluding tert-OH is 1. The van der Waals surface area contributed by atoms with E-state index in [0.29, 0.717) is 36.9 Å². The first-order valence-electron chi connectivity index (χ1n) is 18.7. The lowest BCUT2D eigenvalue weighted by Gasteiger charge is -2.37. The maximum absolute atomic E-state index is 15.0. The first-order valence-corrected chi connectivity index (χ1v) is 19.6. The molecular weight excluding hydrogens is 740 g/mol. The van der Waals surface area contributed by atoms with E-state index in [0.717, 1.165) is 18.8 Å². The van der Waals surface area contributed by atoms with E-state index in [-0.39, 0.29) is 48.7 Å². The Hall–Kier alpha value is -4.00. The monoisotopic (exact) mass is 792 g/mol. The molecule has 286 valence electrons. The molecule has 8 atom stereocenters. The number of anilines is 2. The molecule has 2 aromatic carbocycles. The average molecular weight is 794 g/mol. The molecule has 3 saturated heterocycles. The summed E-state index contributed by atoms with van der Waals surface area (Å²) in [7, 11) is 0. The van der Waals surface area contributed by atoms with E-state index in [4.69, 9.17) is 9.47 Å². The van der Waals surface area contributed by atoms with E-state index in [1.165, 1.54) is 0 Å². The lowest BCUT2D eigenvalue weighted by atomic mass is 9.70. The van der Waals surface area contributed by atoms with Gasteiger partial charge in [0.15, 0.2) is 0 Å². The molecule has 3 aliphatic heterocycles. The number of likely N-dealkylation sites (tertiary alicyclic amines) is 1. The zero-order valence-corrected chi connectivity index (χ0v) is 32.6. The molecule has 2 N–H and O–H groups in total. The van der Waals surface area contributed by atoms with Crippen LogP contribution in [0.2, 0.25) is 0 Å². The van der Waals surface area contributed by atoms with Gasteiger partial charge in [0, 0.05) is 55.4 Å². The lowest BCUT2D eigenvalue weighted by Crippen LogP contribution is -2.57. The number of nitrogens with zero attached hydrogens (tertiary/aromatic N) is 3. The number of hydrogen-bond acceptors (Lipinski definition) is 8. The molecule has 3 amide bonds. The van der Waals surface area contributed by atoms with Crippen LogP contribution in [-0.4, -0.2) is 95.1 Å². The van der Waals surface area contributed by atoms with Gasteiger partial charge in [-0.25, -0.2) is 0 Å². The van der Waals surface area contributed by atoms with E-state index in [1.807, 2.05) is 54.6 Å². The second kappa shape index (κ2) is 17.9. The minimum atomic E-state index is -1.30. The Kier molecular flexibility index (Phi) is 13.6. The summed E-state index contributed by atoms with van der Waals surface area (Å²) in [5, 5.41) is 12.6. The summed E-state index contributed by atoms with van der Waals surface area (Å²) >= 11 is 3.75. The Balaban J connectivity index is 1.49. The molecule has 2 aromatic rings. The predicted octanol–water partition coefficient (Wildman–Crippen LogP) is 5.33. The summed E-state index contributed by atoms with van der Waals surface area (Å²) in [6.07, 6.45) is 3.75. The summed E-state index contributed by atoms with van der Waals surface area (Å²) in [5.74, 6) is -3.47.